The van der Waals surface area contributed by atoms with Gasteiger partial charge in [-0.3, -0.25) is 4.68 Å². The van der Waals surface area contributed by atoms with Gasteiger partial charge in [-0.1, -0.05) is 0 Å². The topological polar surface area (TPSA) is 84.2 Å². The van der Waals surface area contributed by atoms with Crippen molar-refractivity contribution in [1.29, 1.82) is 0 Å². The van der Waals surface area contributed by atoms with Gasteiger partial charge in [-0.2, -0.15) is 22.1 Å². The first-order valence-corrected chi connectivity index (χ1v) is 9.20. The van der Waals surface area contributed by atoms with E-state index in [0.29, 0.717) is 18.9 Å². The third kappa shape index (κ3) is 3.06. The quantitative estimate of drug-likeness (QED) is 0.814. The molecule has 0 N–H and O–H groups in total. The third-order valence-electron chi connectivity index (χ3n) is 4.26. The minimum absolute atomic E-state index is 0.00611. The average Bonchev–Trinajstić information content (AvgIpc) is 3.15. The van der Waals surface area contributed by atoms with Crippen LogP contribution in [0.25, 0.3) is 11.4 Å². The van der Waals surface area contributed by atoms with E-state index in [4.69, 9.17) is 0 Å². The molecule has 9 heteroatoms. The molecule has 0 aromatic carbocycles. The fraction of sp³-hybridized carbons (Fsp3) is 0.533. The normalized spacial score (nSPS) is 19.3. The summed E-state index contributed by atoms with van der Waals surface area (Å²) in [5.74, 6) is 0.703. The second-order valence-electron chi connectivity index (χ2n) is 6.23. The van der Waals surface area contributed by atoms with E-state index in [1.54, 1.807) is 25.0 Å². The molecule has 0 spiro atoms. The highest BCUT2D eigenvalue weighted by molar-refractivity contribution is 7.86. The minimum atomic E-state index is -3.39. The fourth-order valence-corrected chi connectivity index (χ4v) is 4.08. The maximum Gasteiger partial charge on any atom is 0.281 e. The predicted octanol–water partition coefficient (Wildman–Crippen LogP) is 0.781. The van der Waals surface area contributed by atoms with Crippen LogP contribution in [-0.4, -0.2) is 64.0 Å². The predicted molar refractivity (Wildman–Crippen MR) is 90.5 cm³/mol. The Morgan fingerprint density at radius 3 is 2.67 bits per heavy atom. The van der Waals surface area contributed by atoms with Crippen molar-refractivity contribution in [2.75, 3.05) is 27.2 Å². The van der Waals surface area contributed by atoms with E-state index in [0.717, 1.165) is 23.5 Å². The van der Waals surface area contributed by atoms with Crippen LogP contribution in [0.1, 0.15) is 23.9 Å². The summed E-state index contributed by atoms with van der Waals surface area (Å²) in [6.07, 6.45) is 2.45. The highest BCUT2D eigenvalue weighted by atomic mass is 32.2. The third-order valence-corrected chi connectivity index (χ3v) is 6.17. The van der Waals surface area contributed by atoms with Crippen molar-refractivity contribution >= 4 is 10.2 Å². The first kappa shape index (κ1) is 17.0. The molecule has 1 saturated heterocycles. The molecular formula is C15H22N6O2S. The van der Waals surface area contributed by atoms with Crippen molar-refractivity contribution in [2.45, 2.75) is 19.3 Å². The van der Waals surface area contributed by atoms with E-state index in [9.17, 15) is 8.42 Å². The molecule has 3 heterocycles. The Morgan fingerprint density at radius 1 is 1.29 bits per heavy atom. The molecule has 0 amide bonds. The second-order valence-corrected chi connectivity index (χ2v) is 8.37. The van der Waals surface area contributed by atoms with Crippen LogP contribution < -0.4 is 0 Å². The molecule has 0 aliphatic carbocycles. The molecule has 2 aromatic heterocycles. The van der Waals surface area contributed by atoms with Crippen LogP contribution >= 0.6 is 0 Å². The number of aryl methyl sites for hydroxylation is 2. The van der Waals surface area contributed by atoms with Crippen LogP contribution in [0, 0.1) is 6.92 Å². The summed E-state index contributed by atoms with van der Waals surface area (Å²) < 4.78 is 29.1. The highest BCUT2D eigenvalue weighted by Gasteiger charge is 2.34. The molecule has 1 aliphatic rings. The molecule has 2 aromatic rings. The van der Waals surface area contributed by atoms with Crippen LogP contribution in [0.3, 0.4) is 0 Å². The molecule has 24 heavy (non-hydrogen) atoms. The Bertz CT molecular complexity index is 845. The number of hydrogen-bond acceptors (Lipinski definition) is 5. The zero-order valence-electron chi connectivity index (χ0n) is 14.3. The van der Waals surface area contributed by atoms with Crippen LogP contribution in [0.5, 0.6) is 0 Å². The van der Waals surface area contributed by atoms with Crippen molar-refractivity contribution in [2.24, 2.45) is 7.05 Å². The average molecular weight is 350 g/mol. The summed E-state index contributed by atoms with van der Waals surface area (Å²) >= 11 is 0. The molecule has 1 atom stereocenters. The van der Waals surface area contributed by atoms with E-state index in [1.165, 1.54) is 8.61 Å². The Morgan fingerprint density at radius 2 is 2.04 bits per heavy atom. The molecule has 1 aliphatic heterocycles. The number of nitrogens with zero attached hydrogens (tertiary/aromatic N) is 6. The molecule has 0 saturated carbocycles. The van der Waals surface area contributed by atoms with Crippen molar-refractivity contribution in [3.8, 4) is 11.4 Å². The summed E-state index contributed by atoms with van der Waals surface area (Å²) in [6.45, 7) is 2.83. The van der Waals surface area contributed by atoms with Gasteiger partial charge in [-0.15, -0.1) is 0 Å². The molecule has 1 unspecified atom stereocenters. The number of rotatable bonds is 4. The Kier molecular flexibility index (Phi) is 4.41. The molecular weight excluding hydrogens is 328 g/mol. The summed E-state index contributed by atoms with van der Waals surface area (Å²) in [7, 11) is 1.57. The lowest BCUT2D eigenvalue weighted by atomic mass is 10.1. The first-order valence-electron chi connectivity index (χ1n) is 7.80. The SMILES string of the molecule is Cc1cc(-c2ccnn2C)nc(C2CCN(S(=O)(=O)N(C)C)C2)n1. The molecule has 3 rings (SSSR count). The summed E-state index contributed by atoms with van der Waals surface area (Å²) in [6, 6.07) is 3.83. The van der Waals surface area contributed by atoms with E-state index in [-0.39, 0.29) is 5.92 Å². The van der Waals surface area contributed by atoms with Gasteiger partial charge in [0.1, 0.15) is 5.82 Å². The Labute approximate surface area is 142 Å². The van der Waals surface area contributed by atoms with E-state index < -0.39 is 10.2 Å². The van der Waals surface area contributed by atoms with Gasteiger partial charge in [-0.25, -0.2) is 9.97 Å². The van der Waals surface area contributed by atoms with Crippen LogP contribution in [0.15, 0.2) is 18.3 Å². The molecule has 0 radical (unpaired) electrons. The van der Waals surface area contributed by atoms with Gasteiger partial charge in [0.05, 0.1) is 11.4 Å². The van der Waals surface area contributed by atoms with Gasteiger partial charge in [0.2, 0.25) is 0 Å². The largest absolute Gasteiger partial charge is 0.281 e. The van der Waals surface area contributed by atoms with Crippen molar-refractivity contribution < 1.29 is 8.42 Å². The Hall–Kier alpha value is -1.84. The molecule has 8 nitrogen and oxygen atoms in total. The zero-order chi connectivity index (χ0) is 17.5. The molecule has 1 fully saturated rings. The molecule has 130 valence electrons. The lowest BCUT2D eigenvalue weighted by molar-refractivity contribution is 0.418. The van der Waals surface area contributed by atoms with Crippen LogP contribution in [-0.2, 0) is 17.3 Å². The standard InChI is InChI=1S/C15H22N6O2S/c1-11-9-13(14-5-7-16-20(14)4)18-15(17-11)12-6-8-21(10-12)24(22,23)19(2)3/h5,7,9,12H,6,8,10H2,1-4H3. The van der Waals surface area contributed by atoms with Crippen LogP contribution in [0.2, 0.25) is 0 Å². The lowest BCUT2D eigenvalue weighted by Crippen LogP contribution is -2.38. The van der Waals surface area contributed by atoms with E-state index >= 15 is 0 Å². The smallest absolute Gasteiger partial charge is 0.266 e. The summed E-state index contributed by atoms with van der Waals surface area (Å²) in [5, 5.41) is 4.18. The van der Waals surface area contributed by atoms with Gasteiger partial charge < -0.3 is 0 Å². The summed E-state index contributed by atoms with van der Waals surface area (Å²) in [5.41, 5.74) is 2.59. The maximum absolute atomic E-state index is 12.3. The number of hydrogen-bond donors (Lipinski definition) is 0. The lowest BCUT2D eigenvalue weighted by Gasteiger charge is -2.20. The Balaban J connectivity index is 1.89. The molecule has 0 bridgehead atoms. The van der Waals surface area contributed by atoms with Crippen LogP contribution in [0.4, 0.5) is 0 Å². The van der Waals surface area contributed by atoms with Gasteiger partial charge in [0, 0.05) is 52.0 Å². The minimum Gasteiger partial charge on any atom is -0.266 e. The van der Waals surface area contributed by atoms with Crippen molar-refractivity contribution in [3.05, 3.63) is 29.8 Å². The summed E-state index contributed by atoms with van der Waals surface area (Å²) in [4.78, 5) is 9.21. The number of aromatic nitrogens is 4. The zero-order valence-corrected chi connectivity index (χ0v) is 15.2. The van der Waals surface area contributed by atoms with Gasteiger partial charge in [0.15, 0.2) is 0 Å². The fourth-order valence-electron chi connectivity index (χ4n) is 2.91. The van der Waals surface area contributed by atoms with Crippen molar-refractivity contribution in [1.82, 2.24) is 28.4 Å². The maximum atomic E-state index is 12.3. The van der Waals surface area contributed by atoms with Crippen molar-refractivity contribution in [3.63, 3.8) is 0 Å². The van der Waals surface area contributed by atoms with Gasteiger partial charge in [0.25, 0.3) is 10.2 Å². The monoisotopic (exact) mass is 350 g/mol. The van der Waals surface area contributed by atoms with Gasteiger partial charge in [-0.05, 0) is 25.5 Å². The first-order chi connectivity index (χ1) is 11.3. The van der Waals surface area contributed by atoms with E-state index in [2.05, 4.69) is 15.1 Å². The second kappa shape index (κ2) is 6.23. The van der Waals surface area contributed by atoms with E-state index in [1.807, 2.05) is 26.1 Å². The van der Waals surface area contributed by atoms with Gasteiger partial charge >= 0.3 is 0 Å². The highest BCUT2D eigenvalue weighted by Crippen LogP contribution is 2.29.